The molecule has 94 valence electrons. The monoisotopic (exact) mass is 244 g/mol. The van der Waals surface area contributed by atoms with Gasteiger partial charge in [-0.05, 0) is 6.92 Å². The summed E-state index contributed by atoms with van der Waals surface area (Å²) >= 11 is 0. The second-order valence-corrected chi connectivity index (χ2v) is 5.94. The Morgan fingerprint density at radius 2 is 2.06 bits per heavy atom. The van der Waals surface area contributed by atoms with Gasteiger partial charge in [0.2, 0.25) is 0 Å². The van der Waals surface area contributed by atoms with Crippen LogP contribution in [0, 0.1) is 5.41 Å². The van der Waals surface area contributed by atoms with Crippen LogP contribution in [0.4, 0.5) is 0 Å². The maximum absolute atomic E-state index is 2.45. The van der Waals surface area contributed by atoms with E-state index >= 15 is 0 Å². The van der Waals surface area contributed by atoms with Gasteiger partial charge in [0, 0.05) is 0 Å². The van der Waals surface area contributed by atoms with E-state index in [1.807, 2.05) is 0 Å². The summed E-state index contributed by atoms with van der Waals surface area (Å²) in [4.78, 5) is 0. The Hall–Kier alpha value is -1.58. The molecule has 0 radical (unpaired) electrons. The van der Waals surface area contributed by atoms with Gasteiger partial charge in [0.05, 0.1) is 31.8 Å². The molecule has 18 heavy (non-hydrogen) atoms. The number of hydrogen-bond acceptors (Lipinski definition) is 0. The predicted molar refractivity (Wildman–Crippen MR) is 65.8 cm³/mol. The minimum Gasteiger partial charge on any atom is -0.237 e. The topological polar surface area (TPSA) is 17.6 Å². The number of nitrogens with zero attached hydrogens (tertiary/aromatic N) is 4. The Labute approximate surface area is 107 Å². The van der Waals surface area contributed by atoms with Crippen molar-refractivity contribution in [1.29, 1.82) is 0 Å². The lowest BCUT2D eigenvalue weighted by Gasteiger charge is -2.14. The summed E-state index contributed by atoms with van der Waals surface area (Å²) < 4.78 is 9.55. The fraction of sp³-hybridized carbons (Fsp3) is 0.571. The third-order valence-corrected chi connectivity index (χ3v) is 4.72. The van der Waals surface area contributed by atoms with Crippen LogP contribution in [-0.2, 0) is 39.5 Å². The molecule has 0 aliphatic carbocycles. The number of fused-ring (bicyclic) bond motifs is 2. The van der Waals surface area contributed by atoms with Gasteiger partial charge in [0.25, 0.3) is 11.6 Å². The van der Waals surface area contributed by atoms with Crippen LogP contribution in [0.5, 0.6) is 0 Å². The average Bonchev–Trinajstić information content (AvgIpc) is 3.04. The zero-order valence-corrected chi connectivity index (χ0v) is 11.1. The molecule has 2 aliphatic heterocycles. The van der Waals surface area contributed by atoms with Crippen molar-refractivity contribution in [3.63, 3.8) is 0 Å². The minimum atomic E-state index is 0.432. The Morgan fingerprint density at radius 3 is 2.83 bits per heavy atom. The van der Waals surface area contributed by atoms with Crippen molar-refractivity contribution in [2.45, 2.75) is 39.4 Å². The van der Waals surface area contributed by atoms with Gasteiger partial charge in [-0.1, -0.05) is 0 Å². The van der Waals surface area contributed by atoms with Crippen molar-refractivity contribution >= 4 is 0 Å². The molecule has 2 aromatic rings. The van der Waals surface area contributed by atoms with E-state index in [4.69, 9.17) is 0 Å². The quantitative estimate of drug-likeness (QED) is 0.639. The maximum Gasteiger partial charge on any atom is 0.257 e. The zero-order chi connectivity index (χ0) is 12.3. The number of aryl methyl sites for hydroxylation is 2. The summed E-state index contributed by atoms with van der Waals surface area (Å²) in [6.45, 7) is 5.66. The average molecular weight is 244 g/mol. The Kier molecular flexibility index (Phi) is 1.87. The fourth-order valence-electron chi connectivity index (χ4n) is 3.79. The molecule has 0 amide bonds. The molecule has 0 aromatic carbocycles. The molecule has 1 atom stereocenters. The van der Waals surface area contributed by atoms with Crippen molar-refractivity contribution in [3.05, 3.63) is 36.4 Å². The summed E-state index contributed by atoms with van der Waals surface area (Å²) in [7, 11) is 2.16. The molecule has 4 nitrogen and oxygen atoms in total. The highest BCUT2D eigenvalue weighted by Crippen LogP contribution is 2.37. The van der Waals surface area contributed by atoms with Crippen LogP contribution in [0.1, 0.15) is 18.6 Å². The van der Waals surface area contributed by atoms with E-state index in [0.29, 0.717) is 5.41 Å². The molecule has 0 saturated carbocycles. The molecular weight excluding hydrogens is 224 g/mol. The summed E-state index contributed by atoms with van der Waals surface area (Å²) in [5.41, 5.74) is 0.432. The van der Waals surface area contributed by atoms with Crippen LogP contribution < -0.4 is 9.13 Å². The first-order chi connectivity index (χ1) is 8.71. The number of hydrogen-bond donors (Lipinski definition) is 0. The molecule has 0 unspecified atom stereocenters. The highest BCUT2D eigenvalue weighted by atomic mass is 15.2. The highest BCUT2D eigenvalue weighted by molar-refractivity contribution is 5.06. The van der Waals surface area contributed by atoms with E-state index in [1.54, 1.807) is 0 Å². The Bertz CT molecular complexity index is 622. The zero-order valence-electron chi connectivity index (χ0n) is 11.1. The molecule has 0 saturated heterocycles. The summed E-state index contributed by atoms with van der Waals surface area (Å²) in [6, 6.07) is 0. The van der Waals surface area contributed by atoms with Crippen molar-refractivity contribution < 1.29 is 9.13 Å². The van der Waals surface area contributed by atoms with Crippen molar-refractivity contribution in [1.82, 2.24) is 9.13 Å². The van der Waals surface area contributed by atoms with E-state index in [9.17, 15) is 0 Å². The van der Waals surface area contributed by atoms with Gasteiger partial charge in [0.15, 0.2) is 0 Å². The van der Waals surface area contributed by atoms with Gasteiger partial charge in [0.1, 0.15) is 37.9 Å². The predicted octanol–water partition coefficient (Wildman–Crippen LogP) is 0.220. The van der Waals surface area contributed by atoms with Crippen LogP contribution in [-0.4, -0.2) is 9.13 Å². The fourth-order valence-corrected chi connectivity index (χ4v) is 3.79. The first-order valence-electron chi connectivity index (χ1n) is 6.82. The van der Waals surface area contributed by atoms with E-state index in [-0.39, 0.29) is 0 Å². The number of rotatable bonds is 1. The van der Waals surface area contributed by atoms with Crippen LogP contribution in [0.2, 0.25) is 0 Å². The van der Waals surface area contributed by atoms with Gasteiger partial charge >= 0.3 is 0 Å². The standard InChI is InChI=1S/C14H20N4/c1-3-16-6-7-18-11-14(9-13(16)18)8-12-15(2)4-5-17(12)10-14/h4-7H,3,8-11H2,1-2H3/q+2/t14-/m1/s1. The highest BCUT2D eigenvalue weighted by Gasteiger charge is 2.51. The van der Waals surface area contributed by atoms with Crippen molar-refractivity contribution in [3.8, 4) is 0 Å². The molecule has 2 aliphatic rings. The summed E-state index contributed by atoms with van der Waals surface area (Å²) in [5, 5.41) is 0. The third kappa shape index (κ3) is 1.21. The first-order valence-corrected chi connectivity index (χ1v) is 6.82. The molecule has 4 rings (SSSR count). The first kappa shape index (κ1) is 10.4. The van der Waals surface area contributed by atoms with Gasteiger partial charge < -0.3 is 0 Å². The number of imidazole rings is 2. The third-order valence-electron chi connectivity index (χ3n) is 4.72. The van der Waals surface area contributed by atoms with Gasteiger partial charge in [-0.3, -0.25) is 0 Å². The minimum absolute atomic E-state index is 0.432. The Morgan fingerprint density at radius 1 is 1.22 bits per heavy atom. The second-order valence-electron chi connectivity index (χ2n) is 5.94. The van der Waals surface area contributed by atoms with E-state index < -0.39 is 0 Å². The van der Waals surface area contributed by atoms with E-state index in [2.05, 4.69) is 57.0 Å². The summed E-state index contributed by atoms with van der Waals surface area (Å²) in [5.74, 6) is 2.98. The molecular formula is C14H20N4+2. The molecule has 0 N–H and O–H groups in total. The normalized spacial score (nSPS) is 24.8. The lowest BCUT2D eigenvalue weighted by Crippen LogP contribution is -2.38. The SMILES string of the molecule is CCn1cc[n+]2c1C[C@@]1(Cc3n(cc[n+]3C)C1)C2. The summed E-state index contributed by atoms with van der Waals surface area (Å²) in [6.07, 6.45) is 11.3. The Balaban J connectivity index is 1.69. The lowest BCUT2D eigenvalue weighted by molar-refractivity contribution is -0.699. The molecule has 4 heteroatoms. The van der Waals surface area contributed by atoms with Crippen molar-refractivity contribution in [2.24, 2.45) is 12.5 Å². The van der Waals surface area contributed by atoms with Crippen LogP contribution >= 0.6 is 0 Å². The van der Waals surface area contributed by atoms with Crippen LogP contribution in [0.15, 0.2) is 24.8 Å². The smallest absolute Gasteiger partial charge is 0.237 e. The van der Waals surface area contributed by atoms with Gasteiger partial charge in [-0.25, -0.2) is 18.3 Å². The van der Waals surface area contributed by atoms with Crippen LogP contribution in [0.3, 0.4) is 0 Å². The van der Waals surface area contributed by atoms with E-state index in [1.165, 1.54) is 37.6 Å². The second kappa shape index (κ2) is 3.25. The maximum atomic E-state index is 2.45. The molecule has 0 fully saturated rings. The number of aromatic nitrogens is 4. The van der Waals surface area contributed by atoms with Gasteiger partial charge in [-0.15, -0.1) is 0 Å². The molecule has 2 aromatic heterocycles. The van der Waals surface area contributed by atoms with Crippen LogP contribution in [0.25, 0.3) is 0 Å². The largest absolute Gasteiger partial charge is 0.257 e. The van der Waals surface area contributed by atoms with E-state index in [0.717, 1.165) is 6.54 Å². The van der Waals surface area contributed by atoms with Gasteiger partial charge in [-0.2, -0.15) is 0 Å². The van der Waals surface area contributed by atoms with Crippen molar-refractivity contribution in [2.75, 3.05) is 0 Å². The molecule has 0 bridgehead atoms. The molecule has 1 spiro atoms. The lowest BCUT2D eigenvalue weighted by atomic mass is 9.85. The molecule has 4 heterocycles.